The molecule has 4 aromatic rings. The molecular weight excluding hydrogens is 290 g/mol. The van der Waals surface area contributed by atoms with Crippen LogP contribution in [0.15, 0.2) is 61.4 Å². The molecule has 0 spiro atoms. The number of pyridine rings is 1. The van der Waals surface area contributed by atoms with Crippen LogP contribution in [0.3, 0.4) is 0 Å². The van der Waals surface area contributed by atoms with E-state index in [0.29, 0.717) is 23.7 Å². The van der Waals surface area contributed by atoms with Crippen molar-refractivity contribution in [3.05, 3.63) is 67.0 Å². The van der Waals surface area contributed by atoms with E-state index in [1.807, 2.05) is 24.3 Å². The largest absolute Gasteiger partial charge is 0.471 e. The maximum atomic E-state index is 5.78. The summed E-state index contributed by atoms with van der Waals surface area (Å²) in [6.45, 7) is 0.432. The molecule has 0 saturated carbocycles. The number of imidazole rings is 1. The van der Waals surface area contributed by atoms with Gasteiger partial charge in [0, 0.05) is 12.4 Å². The molecule has 1 aromatic carbocycles. The maximum absolute atomic E-state index is 5.78. The Hall–Kier alpha value is -3.28. The van der Waals surface area contributed by atoms with Crippen molar-refractivity contribution >= 4 is 11.2 Å². The minimum absolute atomic E-state index is 0.432. The SMILES string of the molecule is c1cc(-c2ccc(COc3ncnc4nc[nH]c34)cc2)ccn1. The third-order valence-electron chi connectivity index (χ3n) is 3.53. The number of aromatic nitrogens is 5. The van der Waals surface area contributed by atoms with Gasteiger partial charge in [0.05, 0.1) is 6.33 Å². The van der Waals surface area contributed by atoms with Gasteiger partial charge in [0.1, 0.15) is 18.5 Å². The second-order valence-corrected chi connectivity index (χ2v) is 5.00. The molecule has 0 radical (unpaired) electrons. The fourth-order valence-electron chi connectivity index (χ4n) is 2.34. The number of H-pyrrole nitrogens is 1. The first kappa shape index (κ1) is 13.4. The second-order valence-electron chi connectivity index (χ2n) is 5.00. The molecule has 0 bridgehead atoms. The van der Waals surface area contributed by atoms with E-state index in [9.17, 15) is 0 Å². The van der Waals surface area contributed by atoms with E-state index < -0.39 is 0 Å². The van der Waals surface area contributed by atoms with Crippen LogP contribution in [0.5, 0.6) is 5.88 Å². The average Bonchev–Trinajstić information content (AvgIpc) is 3.10. The number of rotatable bonds is 4. The van der Waals surface area contributed by atoms with Gasteiger partial charge in [-0.15, -0.1) is 0 Å². The van der Waals surface area contributed by atoms with Crippen molar-refractivity contribution in [1.82, 2.24) is 24.9 Å². The van der Waals surface area contributed by atoms with Gasteiger partial charge in [0.25, 0.3) is 0 Å². The molecule has 0 fully saturated rings. The first-order valence-corrected chi connectivity index (χ1v) is 7.16. The highest BCUT2D eigenvalue weighted by Gasteiger charge is 2.07. The summed E-state index contributed by atoms with van der Waals surface area (Å²) >= 11 is 0. The Morgan fingerprint density at radius 3 is 2.48 bits per heavy atom. The van der Waals surface area contributed by atoms with Crippen molar-refractivity contribution in [1.29, 1.82) is 0 Å². The van der Waals surface area contributed by atoms with Crippen LogP contribution < -0.4 is 4.74 Å². The molecule has 0 aliphatic heterocycles. The summed E-state index contributed by atoms with van der Waals surface area (Å²) in [6, 6.07) is 12.2. The molecule has 0 unspecified atom stereocenters. The third kappa shape index (κ3) is 2.74. The Labute approximate surface area is 132 Å². The van der Waals surface area contributed by atoms with Crippen LogP contribution in [0.4, 0.5) is 0 Å². The van der Waals surface area contributed by atoms with Crippen LogP contribution in [-0.4, -0.2) is 24.9 Å². The summed E-state index contributed by atoms with van der Waals surface area (Å²) in [7, 11) is 0. The number of benzene rings is 1. The highest BCUT2D eigenvalue weighted by atomic mass is 16.5. The first-order chi connectivity index (χ1) is 11.4. The van der Waals surface area contributed by atoms with Gasteiger partial charge >= 0.3 is 0 Å². The molecule has 0 atom stereocenters. The zero-order valence-electron chi connectivity index (χ0n) is 12.2. The van der Waals surface area contributed by atoms with Crippen LogP contribution in [0.25, 0.3) is 22.3 Å². The topological polar surface area (TPSA) is 76.6 Å². The van der Waals surface area contributed by atoms with Crippen LogP contribution in [0.1, 0.15) is 5.56 Å². The van der Waals surface area contributed by atoms with E-state index in [2.05, 4.69) is 37.1 Å². The minimum atomic E-state index is 0.432. The van der Waals surface area contributed by atoms with E-state index >= 15 is 0 Å². The average molecular weight is 303 g/mol. The minimum Gasteiger partial charge on any atom is -0.471 e. The number of fused-ring (bicyclic) bond motifs is 1. The van der Waals surface area contributed by atoms with Crippen LogP contribution in [0, 0.1) is 0 Å². The molecule has 6 nitrogen and oxygen atoms in total. The smallest absolute Gasteiger partial charge is 0.243 e. The Kier molecular flexibility index (Phi) is 3.40. The fraction of sp³-hybridized carbons (Fsp3) is 0.0588. The molecule has 6 heteroatoms. The maximum Gasteiger partial charge on any atom is 0.243 e. The summed E-state index contributed by atoms with van der Waals surface area (Å²) < 4.78 is 5.78. The molecule has 23 heavy (non-hydrogen) atoms. The number of nitrogens with one attached hydrogen (secondary N) is 1. The molecule has 1 N–H and O–H groups in total. The first-order valence-electron chi connectivity index (χ1n) is 7.16. The third-order valence-corrected chi connectivity index (χ3v) is 3.53. The summed E-state index contributed by atoms with van der Waals surface area (Å²) in [5.41, 5.74) is 4.66. The van der Waals surface area contributed by atoms with Crippen molar-refractivity contribution in [3.8, 4) is 17.0 Å². The zero-order valence-corrected chi connectivity index (χ0v) is 12.2. The quantitative estimate of drug-likeness (QED) is 0.627. The molecular formula is C17H13N5O. The standard InChI is InChI=1S/C17H13N5O/c1-3-13(14-5-7-18-8-6-14)4-2-12(1)9-23-17-15-16(20-10-19-15)21-11-22-17/h1-8,10-11H,9H2,(H,19,20,21,22). The highest BCUT2D eigenvalue weighted by molar-refractivity contribution is 5.74. The normalized spacial score (nSPS) is 10.8. The van der Waals surface area contributed by atoms with E-state index in [0.717, 1.165) is 16.7 Å². The monoisotopic (exact) mass is 303 g/mol. The lowest BCUT2D eigenvalue weighted by atomic mass is 10.1. The number of aromatic amines is 1. The van der Waals surface area contributed by atoms with Gasteiger partial charge in [-0.2, -0.15) is 4.98 Å². The Bertz CT molecular complexity index is 919. The van der Waals surface area contributed by atoms with Crippen LogP contribution in [0.2, 0.25) is 0 Å². The summed E-state index contributed by atoms with van der Waals surface area (Å²) in [5, 5.41) is 0. The van der Waals surface area contributed by atoms with Gasteiger partial charge in [-0.25, -0.2) is 9.97 Å². The number of nitrogens with zero attached hydrogens (tertiary/aromatic N) is 4. The summed E-state index contributed by atoms with van der Waals surface area (Å²) in [6.07, 6.45) is 6.61. The van der Waals surface area contributed by atoms with E-state index in [4.69, 9.17) is 4.74 Å². The van der Waals surface area contributed by atoms with Crippen molar-refractivity contribution in [2.75, 3.05) is 0 Å². The Morgan fingerprint density at radius 2 is 1.65 bits per heavy atom. The van der Waals surface area contributed by atoms with Gasteiger partial charge in [0.2, 0.25) is 5.88 Å². The molecule has 0 saturated heterocycles. The van der Waals surface area contributed by atoms with Gasteiger partial charge in [0.15, 0.2) is 5.65 Å². The lowest BCUT2D eigenvalue weighted by molar-refractivity contribution is 0.297. The van der Waals surface area contributed by atoms with E-state index in [-0.39, 0.29) is 0 Å². The van der Waals surface area contributed by atoms with Crippen LogP contribution >= 0.6 is 0 Å². The number of hydrogen-bond acceptors (Lipinski definition) is 5. The van der Waals surface area contributed by atoms with Crippen molar-refractivity contribution in [3.63, 3.8) is 0 Å². The summed E-state index contributed by atoms with van der Waals surface area (Å²) in [5.74, 6) is 0.505. The Balaban J connectivity index is 1.50. The van der Waals surface area contributed by atoms with Gasteiger partial charge < -0.3 is 9.72 Å². The second kappa shape index (κ2) is 5.84. The number of hydrogen-bond donors (Lipinski definition) is 1. The zero-order chi connectivity index (χ0) is 15.5. The predicted octanol–water partition coefficient (Wildman–Crippen LogP) is 2.99. The molecule has 3 aromatic heterocycles. The van der Waals surface area contributed by atoms with E-state index in [1.54, 1.807) is 18.7 Å². The molecule has 0 aliphatic rings. The molecule has 0 aliphatic carbocycles. The Morgan fingerprint density at radius 1 is 0.870 bits per heavy atom. The van der Waals surface area contributed by atoms with E-state index in [1.165, 1.54) is 6.33 Å². The molecule has 4 rings (SSSR count). The highest BCUT2D eigenvalue weighted by Crippen LogP contribution is 2.21. The van der Waals surface area contributed by atoms with Crippen LogP contribution in [-0.2, 0) is 6.61 Å². The lowest BCUT2D eigenvalue weighted by Crippen LogP contribution is -1.98. The van der Waals surface area contributed by atoms with Crippen molar-refractivity contribution < 1.29 is 4.74 Å². The molecule has 3 heterocycles. The summed E-state index contributed by atoms with van der Waals surface area (Å²) in [4.78, 5) is 19.3. The predicted molar refractivity (Wildman–Crippen MR) is 85.7 cm³/mol. The fourth-order valence-corrected chi connectivity index (χ4v) is 2.34. The van der Waals surface area contributed by atoms with Gasteiger partial charge in [-0.1, -0.05) is 24.3 Å². The van der Waals surface area contributed by atoms with Crippen molar-refractivity contribution in [2.24, 2.45) is 0 Å². The van der Waals surface area contributed by atoms with Gasteiger partial charge in [-0.3, -0.25) is 4.98 Å². The molecule has 0 amide bonds. The lowest BCUT2D eigenvalue weighted by Gasteiger charge is -2.07. The molecule has 112 valence electrons. The van der Waals surface area contributed by atoms with Gasteiger partial charge in [-0.05, 0) is 28.8 Å². The number of ether oxygens (including phenoxy) is 1. The van der Waals surface area contributed by atoms with Crippen molar-refractivity contribution in [2.45, 2.75) is 6.61 Å².